The van der Waals surface area contributed by atoms with Crippen LogP contribution in [0.4, 0.5) is 5.00 Å². The average Bonchev–Trinajstić information content (AvgIpc) is 3.02. The highest BCUT2D eigenvalue weighted by Crippen LogP contribution is 2.40. The first-order chi connectivity index (χ1) is 13.6. The van der Waals surface area contributed by atoms with Crippen LogP contribution in [0.2, 0.25) is 0 Å². The predicted molar refractivity (Wildman–Crippen MR) is 117 cm³/mol. The summed E-state index contributed by atoms with van der Waals surface area (Å²) in [5.41, 5.74) is 1.68. The molecule has 0 saturated heterocycles. The molecule has 0 spiro atoms. The van der Waals surface area contributed by atoms with Gasteiger partial charge in [-0.05, 0) is 37.2 Å². The Balaban J connectivity index is 1.78. The van der Waals surface area contributed by atoms with Crippen LogP contribution in [0.15, 0.2) is 0 Å². The Morgan fingerprint density at radius 3 is 2.36 bits per heavy atom. The van der Waals surface area contributed by atoms with E-state index in [0.717, 1.165) is 37.7 Å². The fourth-order valence-electron chi connectivity index (χ4n) is 3.94. The molecule has 0 saturated carbocycles. The number of carbonyl (C=O) groups excluding carboxylic acids is 2. The molecule has 158 valence electrons. The van der Waals surface area contributed by atoms with Gasteiger partial charge in [0.2, 0.25) is 5.91 Å². The predicted octanol–water partition coefficient (Wildman–Crippen LogP) is 6.52. The zero-order chi connectivity index (χ0) is 20.4. The molecule has 1 aliphatic carbocycles. The Bertz CT molecular complexity index is 638. The maximum atomic E-state index is 12.4. The second-order valence-electron chi connectivity index (χ2n) is 8.17. The largest absolute Gasteiger partial charge is 0.465 e. The van der Waals surface area contributed by atoms with Crippen LogP contribution < -0.4 is 5.32 Å². The molecule has 0 radical (unpaired) electrons. The summed E-state index contributed by atoms with van der Waals surface area (Å²) in [5.74, 6) is 0.312. The minimum absolute atomic E-state index is 0.0137. The van der Waals surface area contributed by atoms with Gasteiger partial charge in [-0.1, -0.05) is 65.2 Å². The van der Waals surface area contributed by atoms with E-state index in [1.807, 2.05) is 0 Å². The third-order valence-electron chi connectivity index (χ3n) is 5.66. The number of thiophene rings is 1. The standard InChI is InChI=1S/C23H37NO3S/c1-4-5-6-7-8-9-10-11-12-13-20(25)24-22-21(23(26)27-3)18-15-14-17(2)16-19(18)28-22/h17H,4-16H2,1-3H3,(H,24,25)/t17-/m0/s1. The number of rotatable bonds is 12. The lowest BCUT2D eigenvalue weighted by Crippen LogP contribution is -2.15. The van der Waals surface area contributed by atoms with Gasteiger partial charge in [-0.3, -0.25) is 4.79 Å². The van der Waals surface area contributed by atoms with E-state index < -0.39 is 0 Å². The number of ether oxygens (including phenoxy) is 1. The van der Waals surface area contributed by atoms with Gasteiger partial charge in [-0.2, -0.15) is 0 Å². The van der Waals surface area contributed by atoms with Gasteiger partial charge in [0, 0.05) is 11.3 Å². The fraction of sp³-hybridized carbons (Fsp3) is 0.739. The molecule has 5 heteroatoms. The van der Waals surface area contributed by atoms with Crippen LogP contribution >= 0.6 is 11.3 Å². The van der Waals surface area contributed by atoms with Crippen LogP contribution in [0.1, 0.15) is 105 Å². The molecule has 0 unspecified atom stereocenters. The lowest BCUT2D eigenvalue weighted by atomic mass is 9.88. The van der Waals surface area contributed by atoms with Gasteiger partial charge in [0.1, 0.15) is 5.00 Å². The highest BCUT2D eigenvalue weighted by Gasteiger charge is 2.28. The van der Waals surface area contributed by atoms with Crippen molar-refractivity contribution < 1.29 is 14.3 Å². The first-order valence-corrected chi connectivity index (χ1v) is 11.9. The molecule has 1 aliphatic rings. The highest BCUT2D eigenvalue weighted by atomic mass is 32.1. The summed E-state index contributed by atoms with van der Waals surface area (Å²) in [5, 5.41) is 3.69. The fourth-order valence-corrected chi connectivity index (χ4v) is 5.36. The SMILES string of the molecule is CCCCCCCCCCCC(=O)Nc1sc2c(c1C(=O)OC)CC[C@H](C)C2. The van der Waals surface area contributed by atoms with Gasteiger partial charge in [0.15, 0.2) is 0 Å². The minimum atomic E-state index is -0.328. The second kappa shape index (κ2) is 12.3. The number of methoxy groups -OCH3 is 1. The van der Waals surface area contributed by atoms with Crippen LogP contribution in [0.25, 0.3) is 0 Å². The van der Waals surface area contributed by atoms with Gasteiger partial charge in [-0.15, -0.1) is 11.3 Å². The van der Waals surface area contributed by atoms with E-state index in [2.05, 4.69) is 19.2 Å². The lowest BCUT2D eigenvalue weighted by Gasteiger charge is -2.18. The van der Waals surface area contributed by atoms with E-state index in [1.165, 1.54) is 56.9 Å². The van der Waals surface area contributed by atoms with Crippen LogP contribution in [-0.2, 0) is 22.4 Å². The molecule has 1 N–H and O–H groups in total. The van der Waals surface area contributed by atoms with Crippen molar-refractivity contribution in [3.8, 4) is 0 Å². The number of unbranched alkanes of at least 4 members (excludes halogenated alkanes) is 8. The third-order valence-corrected chi connectivity index (χ3v) is 6.83. The Morgan fingerprint density at radius 2 is 1.71 bits per heavy atom. The van der Waals surface area contributed by atoms with Crippen molar-refractivity contribution in [2.24, 2.45) is 5.92 Å². The Kier molecular flexibility index (Phi) is 10.0. The molecule has 0 aromatic carbocycles. The summed E-state index contributed by atoms with van der Waals surface area (Å²) in [6, 6.07) is 0. The molecule has 1 aromatic heterocycles. The van der Waals surface area contributed by atoms with Crippen molar-refractivity contribution in [2.75, 3.05) is 12.4 Å². The molecule has 4 nitrogen and oxygen atoms in total. The van der Waals surface area contributed by atoms with Gasteiger partial charge in [-0.25, -0.2) is 4.79 Å². The number of amides is 1. The average molecular weight is 408 g/mol. The third kappa shape index (κ3) is 6.91. The van der Waals surface area contributed by atoms with Crippen molar-refractivity contribution in [1.82, 2.24) is 0 Å². The number of hydrogen-bond donors (Lipinski definition) is 1. The first kappa shape index (κ1) is 22.9. The molecular weight excluding hydrogens is 370 g/mol. The Hall–Kier alpha value is -1.36. The maximum absolute atomic E-state index is 12.4. The summed E-state index contributed by atoms with van der Waals surface area (Å²) in [6.45, 7) is 4.48. The molecule has 1 amide bonds. The van der Waals surface area contributed by atoms with E-state index in [9.17, 15) is 9.59 Å². The molecule has 1 aromatic rings. The van der Waals surface area contributed by atoms with E-state index >= 15 is 0 Å². The molecule has 0 bridgehead atoms. The van der Waals surface area contributed by atoms with Crippen LogP contribution in [0, 0.1) is 5.92 Å². The smallest absolute Gasteiger partial charge is 0.341 e. The van der Waals surface area contributed by atoms with E-state index in [-0.39, 0.29) is 11.9 Å². The summed E-state index contributed by atoms with van der Waals surface area (Å²) in [6.07, 6.45) is 14.6. The Labute approximate surface area is 174 Å². The minimum Gasteiger partial charge on any atom is -0.465 e. The number of fused-ring (bicyclic) bond motifs is 1. The molecular formula is C23H37NO3S. The number of hydrogen-bond acceptors (Lipinski definition) is 4. The number of carbonyl (C=O) groups is 2. The normalized spacial score (nSPS) is 15.9. The van der Waals surface area contributed by atoms with E-state index in [4.69, 9.17) is 4.74 Å². The topological polar surface area (TPSA) is 55.4 Å². The Morgan fingerprint density at radius 1 is 1.07 bits per heavy atom. The number of anilines is 1. The summed E-state index contributed by atoms with van der Waals surface area (Å²) in [4.78, 5) is 25.9. The molecule has 1 atom stereocenters. The zero-order valence-electron chi connectivity index (χ0n) is 17.9. The summed E-state index contributed by atoms with van der Waals surface area (Å²) < 4.78 is 4.99. The van der Waals surface area contributed by atoms with Crippen molar-refractivity contribution in [3.05, 3.63) is 16.0 Å². The summed E-state index contributed by atoms with van der Waals surface area (Å²) in [7, 11) is 1.41. The summed E-state index contributed by atoms with van der Waals surface area (Å²) >= 11 is 1.56. The molecule has 2 rings (SSSR count). The molecule has 0 aliphatic heterocycles. The van der Waals surface area contributed by atoms with Crippen molar-refractivity contribution >= 4 is 28.2 Å². The maximum Gasteiger partial charge on any atom is 0.341 e. The van der Waals surface area contributed by atoms with E-state index in [0.29, 0.717) is 22.9 Å². The van der Waals surface area contributed by atoms with Gasteiger partial charge >= 0.3 is 5.97 Å². The van der Waals surface area contributed by atoms with Crippen LogP contribution in [-0.4, -0.2) is 19.0 Å². The van der Waals surface area contributed by atoms with Gasteiger partial charge < -0.3 is 10.1 Å². The monoisotopic (exact) mass is 407 g/mol. The number of esters is 1. The van der Waals surface area contributed by atoms with Crippen molar-refractivity contribution in [3.63, 3.8) is 0 Å². The van der Waals surface area contributed by atoms with E-state index in [1.54, 1.807) is 11.3 Å². The second-order valence-corrected chi connectivity index (χ2v) is 9.28. The first-order valence-electron chi connectivity index (χ1n) is 11.1. The lowest BCUT2D eigenvalue weighted by molar-refractivity contribution is -0.116. The molecule has 0 fully saturated rings. The van der Waals surface area contributed by atoms with Crippen LogP contribution in [0.5, 0.6) is 0 Å². The number of nitrogens with one attached hydrogen (secondary N) is 1. The van der Waals surface area contributed by atoms with Crippen molar-refractivity contribution in [1.29, 1.82) is 0 Å². The van der Waals surface area contributed by atoms with Gasteiger partial charge in [0.25, 0.3) is 0 Å². The quantitative estimate of drug-likeness (QED) is 0.317. The zero-order valence-corrected chi connectivity index (χ0v) is 18.7. The van der Waals surface area contributed by atoms with Crippen LogP contribution in [0.3, 0.4) is 0 Å². The molecule has 28 heavy (non-hydrogen) atoms. The van der Waals surface area contributed by atoms with Gasteiger partial charge in [0.05, 0.1) is 12.7 Å². The van der Waals surface area contributed by atoms with Crippen molar-refractivity contribution in [2.45, 2.75) is 97.3 Å². The molecule has 1 heterocycles. The highest BCUT2D eigenvalue weighted by molar-refractivity contribution is 7.17.